The molecule has 4 fully saturated rings. The molecule has 0 amide bonds. The van der Waals surface area contributed by atoms with Gasteiger partial charge in [0.05, 0.1) is 5.41 Å². The van der Waals surface area contributed by atoms with Crippen LogP contribution in [0, 0.1) is 28.1 Å². The Morgan fingerprint density at radius 3 is 2.04 bits per heavy atom. The summed E-state index contributed by atoms with van der Waals surface area (Å²) in [7, 11) is 0. The predicted molar refractivity (Wildman–Crippen MR) is 90.8 cm³/mol. The van der Waals surface area contributed by atoms with Gasteiger partial charge in [-0.05, 0) is 26.2 Å². The Bertz CT molecular complexity index is 709. The van der Waals surface area contributed by atoms with Gasteiger partial charge in [0.1, 0.15) is 12.2 Å². The Morgan fingerprint density at radius 2 is 1.58 bits per heavy atom. The van der Waals surface area contributed by atoms with E-state index in [0.29, 0.717) is 12.8 Å². The van der Waals surface area contributed by atoms with Gasteiger partial charge < -0.3 is 14.2 Å². The van der Waals surface area contributed by atoms with Crippen molar-refractivity contribution in [2.75, 3.05) is 0 Å². The molecule has 4 aliphatic rings. The predicted octanol–water partition coefficient (Wildman–Crippen LogP) is 2.63. The quantitative estimate of drug-likeness (QED) is 0.566. The zero-order valence-electron chi connectivity index (χ0n) is 16.4. The second-order valence-corrected chi connectivity index (χ2v) is 9.91. The molecule has 0 spiro atoms. The van der Waals surface area contributed by atoms with Crippen molar-refractivity contribution in [2.24, 2.45) is 28.1 Å². The van der Waals surface area contributed by atoms with Crippen LogP contribution in [0.3, 0.4) is 0 Å². The summed E-state index contributed by atoms with van der Waals surface area (Å²) < 4.78 is 17.2. The van der Waals surface area contributed by atoms with Crippen LogP contribution in [0.1, 0.15) is 60.8 Å². The summed E-state index contributed by atoms with van der Waals surface area (Å²) in [5.74, 6) is -0.598. The monoisotopic (exact) mass is 364 g/mol. The van der Waals surface area contributed by atoms with E-state index in [1.54, 1.807) is 0 Å². The van der Waals surface area contributed by atoms with Crippen LogP contribution in [-0.2, 0) is 28.6 Å². The van der Waals surface area contributed by atoms with E-state index in [2.05, 4.69) is 0 Å². The van der Waals surface area contributed by atoms with Crippen LogP contribution in [0.5, 0.6) is 0 Å². The largest absolute Gasteiger partial charge is 0.462 e. The van der Waals surface area contributed by atoms with Gasteiger partial charge in [-0.3, -0.25) is 9.59 Å². The molecule has 0 radical (unpaired) electrons. The highest BCUT2D eigenvalue weighted by Crippen LogP contribution is 2.67. The second kappa shape index (κ2) is 4.82. The minimum Gasteiger partial charge on any atom is -0.462 e. The van der Waals surface area contributed by atoms with Crippen molar-refractivity contribution < 1.29 is 28.6 Å². The van der Waals surface area contributed by atoms with Crippen LogP contribution in [0.15, 0.2) is 0 Å². The number of carbonyl (C=O) groups excluding carboxylic acids is 3. The standard InChI is InChI=1S/C20H28O6/c1-10(21)24-13-11-9-12(11)14(17(13,2)3)25-16(23)20-8-7-19(6,15(22)26-20)18(20,4)5/h11-14H,7-9H2,1-6H3/t11-,12+,13+,14-,19+,20-/m1/s1. The smallest absolute Gasteiger partial charge is 0.351 e. The number of hydrogen-bond acceptors (Lipinski definition) is 6. The molecule has 1 heterocycles. The molecule has 2 bridgehead atoms. The van der Waals surface area contributed by atoms with Gasteiger partial charge in [-0.1, -0.05) is 27.7 Å². The highest BCUT2D eigenvalue weighted by atomic mass is 16.6. The molecule has 3 saturated carbocycles. The van der Waals surface area contributed by atoms with E-state index in [-0.39, 0.29) is 36.0 Å². The molecule has 26 heavy (non-hydrogen) atoms. The molecule has 0 unspecified atom stereocenters. The number of fused-ring (bicyclic) bond motifs is 3. The molecule has 6 heteroatoms. The average molecular weight is 364 g/mol. The van der Waals surface area contributed by atoms with Crippen LogP contribution in [0.25, 0.3) is 0 Å². The van der Waals surface area contributed by atoms with Crippen LogP contribution < -0.4 is 0 Å². The Morgan fingerprint density at radius 1 is 1.00 bits per heavy atom. The molecule has 144 valence electrons. The van der Waals surface area contributed by atoms with Crippen LogP contribution in [0.4, 0.5) is 0 Å². The lowest BCUT2D eigenvalue weighted by Crippen LogP contribution is -2.52. The highest BCUT2D eigenvalue weighted by molar-refractivity contribution is 5.93. The van der Waals surface area contributed by atoms with Crippen LogP contribution in [0.2, 0.25) is 0 Å². The lowest BCUT2D eigenvalue weighted by molar-refractivity contribution is -0.194. The second-order valence-electron chi connectivity index (χ2n) is 9.91. The molecular formula is C20H28O6. The van der Waals surface area contributed by atoms with Crippen LogP contribution in [-0.4, -0.2) is 35.7 Å². The van der Waals surface area contributed by atoms with Gasteiger partial charge in [-0.2, -0.15) is 0 Å². The Hall–Kier alpha value is -1.59. The SMILES string of the molecule is CC(=O)O[C@H]1[C@@H]2C[C@@H]2[C@@H](OC(=O)[C@@]23CC[C@@](C)(C(=O)O2)C3(C)C)C1(C)C. The Labute approximate surface area is 153 Å². The first kappa shape index (κ1) is 17.8. The molecule has 0 aromatic heterocycles. The van der Waals surface area contributed by atoms with Crippen molar-refractivity contribution in [3.63, 3.8) is 0 Å². The summed E-state index contributed by atoms with van der Waals surface area (Å²) in [6.07, 6.45) is 1.45. The minimum atomic E-state index is -1.21. The summed E-state index contributed by atoms with van der Waals surface area (Å²) in [6.45, 7) is 11.1. The van der Waals surface area contributed by atoms with Crippen molar-refractivity contribution in [2.45, 2.75) is 78.6 Å². The van der Waals surface area contributed by atoms with Crippen LogP contribution >= 0.6 is 0 Å². The van der Waals surface area contributed by atoms with Gasteiger partial charge in [0.15, 0.2) is 0 Å². The van der Waals surface area contributed by atoms with E-state index >= 15 is 0 Å². The third-order valence-electron chi connectivity index (χ3n) is 8.08. The van der Waals surface area contributed by atoms with Gasteiger partial charge >= 0.3 is 17.9 Å². The molecule has 0 aromatic rings. The summed E-state index contributed by atoms with van der Waals surface area (Å²) in [5, 5.41) is 0. The average Bonchev–Trinajstić information content (AvgIpc) is 3.20. The van der Waals surface area contributed by atoms with Crippen molar-refractivity contribution in [1.82, 2.24) is 0 Å². The van der Waals surface area contributed by atoms with Gasteiger partial charge in [0.25, 0.3) is 0 Å². The molecule has 6 atom stereocenters. The van der Waals surface area contributed by atoms with E-state index in [9.17, 15) is 14.4 Å². The van der Waals surface area contributed by atoms with Crippen molar-refractivity contribution >= 4 is 17.9 Å². The topological polar surface area (TPSA) is 78.9 Å². The summed E-state index contributed by atoms with van der Waals surface area (Å²) in [6, 6.07) is 0. The van der Waals surface area contributed by atoms with Gasteiger partial charge in [-0.25, -0.2) is 4.79 Å². The van der Waals surface area contributed by atoms with E-state index in [1.165, 1.54) is 6.92 Å². The Kier molecular flexibility index (Phi) is 3.30. The number of carbonyl (C=O) groups is 3. The zero-order valence-corrected chi connectivity index (χ0v) is 16.4. The molecule has 1 saturated heterocycles. The maximum Gasteiger partial charge on any atom is 0.351 e. The van der Waals surface area contributed by atoms with Crippen molar-refractivity contribution in [3.05, 3.63) is 0 Å². The first-order valence-corrected chi connectivity index (χ1v) is 9.50. The summed E-state index contributed by atoms with van der Waals surface area (Å²) >= 11 is 0. The minimum absolute atomic E-state index is 0.211. The molecule has 6 nitrogen and oxygen atoms in total. The fourth-order valence-corrected chi connectivity index (χ4v) is 5.77. The molecule has 0 N–H and O–H groups in total. The zero-order chi connectivity index (χ0) is 19.3. The normalized spacial score (nSPS) is 46.5. The highest BCUT2D eigenvalue weighted by Gasteiger charge is 2.77. The third-order valence-corrected chi connectivity index (χ3v) is 8.08. The maximum atomic E-state index is 13.3. The van der Waals surface area contributed by atoms with E-state index in [1.807, 2.05) is 34.6 Å². The fourth-order valence-electron chi connectivity index (χ4n) is 5.77. The lowest BCUT2D eigenvalue weighted by Gasteiger charge is -2.39. The first-order valence-electron chi connectivity index (χ1n) is 9.50. The number of ether oxygens (including phenoxy) is 3. The molecule has 1 aliphatic heterocycles. The first-order chi connectivity index (χ1) is 11.9. The molecule has 0 aromatic carbocycles. The van der Waals surface area contributed by atoms with Crippen molar-refractivity contribution in [1.29, 1.82) is 0 Å². The van der Waals surface area contributed by atoms with E-state index in [0.717, 1.165) is 6.42 Å². The van der Waals surface area contributed by atoms with E-state index < -0.39 is 27.8 Å². The van der Waals surface area contributed by atoms with Gasteiger partial charge in [-0.15, -0.1) is 0 Å². The lowest BCUT2D eigenvalue weighted by atomic mass is 9.66. The number of rotatable bonds is 3. The number of esters is 3. The molecule has 3 aliphatic carbocycles. The molecule has 4 rings (SSSR count). The van der Waals surface area contributed by atoms with Gasteiger partial charge in [0, 0.05) is 29.6 Å². The third kappa shape index (κ3) is 1.86. The van der Waals surface area contributed by atoms with Crippen molar-refractivity contribution in [3.8, 4) is 0 Å². The maximum absolute atomic E-state index is 13.3. The molecular weight excluding hydrogens is 336 g/mol. The van der Waals surface area contributed by atoms with E-state index in [4.69, 9.17) is 14.2 Å². The number of hydrogen-bond donors (Lipinski definition) is 0. The van der Waals surface area contributed by atoms with Gasteiger partial charge in [0.2, 0.25) is 5.60 Å². The Balaban J connectivity index is 1.58. The summed E-state index contributed by atoms with van der Waals surface area (Å²) in [4.78, 5) is 37.1. The summed E-state index contributed by atoms with van der Waals surface area (Å²) in [5.41, 5.74) is -2.94. The fraction of sp³-hybridized carbons (Fsp3) is 0.850.